The molecule has 0 heterocycles. The molecule has 5 aromatic rings. The Labute approximate surface area is 391 Å². The van der Waals surface area contributed by atoms with Crippen LogP contribution in [0, 0.1) is 42.1 Å². The van der Waals surface area contributed by atoms with Gasteiger partial charge in [-0.25, -0.2) is 6.08 Å². The van der Waals surface area contributed by atoms with Crippen LogP contribution in [0.2, 0.25) is 0 Å². The van der Waals surface area contributed by atoms with Crippen molar-refractivity contribution >= 4 is 35.9 Å². The van der Waals surface area contributed by atoms with Gasteiger partial charge < -0.3 is 24.8 Å². The van der Waals surface area contributed by atoms with E-state index in [1.807, 2.05) is 0 Å². The molecule has 0 aliphatic heterocycles. The Hall–Kier alpha value is -2.96. The fraction of sp³-hybridized carbons (Fsp3) is 0.404. The van der Waals surface area contributed by atoms with E-state index >= 15 is 0 Å². The molecule has 316 valence electrons. The van der Waals surface area contributed by atoms with Crippen molar-refractivity contribution < 1.29 is 49.0 Å². The molecule has 3 aliphatic carbocycles. The Balaban J connectivity index is 0.000000229. The fourth-order valence-electron chi connectivity index (χ4n) is 8.71. The van der Waals surface area contributed by atoms with Crippen LogP contribution in [0.4, 0.5) is 0 Å². The van der Waals surface area contributed by atoms with Gasteiger partial charge in [0.2, 0.25) is 0 Å². The van der Waals surface area contributed by atoms with E-state index in [1.165, 1.54) is 117 Å². The second kappa shape index (κ2) is 18.0. The van der Waals surface area contributed by atoms with Gasteiger partial charge in [-0.05, 0) is 33.1 Å². The number of hydrogen-bond donors (Lipinski definition) is 0. The van der Waals surface area contributed by atoms with Crippen molar-refractivity contribution in [3.63, 3.8) is 0 Å². The second-order valence-corrected chi connectivity index (χ2v) is 22.7. The minimum absolute atomic E-state index is 0. The zero-order chi connectivity index (χ0) is 42.7. The monoisotopic (exact) mass is 912 g/mol. The van der Waals surface area contributed by atoms with Crippen LogP contribution in [0.1, 0.15) is 148 Å². The molecule has 0 bridgehead atoms. The molecule has 3 aliphatic rings. The SMILES string of the molecule is CC(C)(C)C1=CC(C)(C)c2cc3[cH-]c4cc5c(cc4c3cc21)C(C(C)(C)C)=CC5(C)C.CCC1[C-]=CC(C(C)(C)C)=C1.Cc1ccc([C](=[Zr+2])c2ccc(C)cc2)cc1.[Cl-].[Cl-]. The predicted octanol–water partition coefficient (Wildman–Crippen LogP) is 9.94. The summed E-state index contributed by atoms with van der Waals surface area (Å²) in [5, 5.41) is 5.58. The Morgan fingerprint density at radius 1 is 0.617 bits per heavy atom. The maximum absolute atomic E-state index is 3.35. The van der Waals surface area contributed by atoms with Crippen molar-refractivity contribution in [2.24, 2.45) is 22.2 Å². The number of halogens is 2. The van der Waals surface area contributed by atoms with Gasteiger partial charge in [0, 0.05) is 10.8 Å². The molecule has 1 unspecified atom stereocenters. The fourth-order valence-corrected chi connectivity index (χ4v) is 9.53. The van der Waals surface area contributed by atoms with Crippen LogP contribution in [0.5, 0.6) is 0 Å². The van der Waals surface area contributed by atoms with Gasteiger partial charge in [-0.3, -0.25) is 6.08 Å². The maximum atomic E-state index is 3.35. The first-order chi connectivity index (χ1) is 26.8. The summed E-state index contributed by atoms with van der Waals surface area (Å²) < 4.78 is 1.42. The van der Waals surface area contributed by atoms with Crippen molar-refractivity contribution in [3.8, 4) is 0 Å². The summed E-state index contributed by atoms with van der Waals surface area (Å²) in [6, 6.07) is 29.9. The van der Waals surface area contributed by atoms with Crippen LogP contribution in [0.15, 0.2) is 109 Å². The van der Waals surface area contributed by atoms with Crippen LogP contribution in [-0.4, -0.2) is 3.21 Å². The largest absolute Gasteiger partial charge is 1.00 e. The molecule has 5 aromatic carbocycles. The average Bonchev–Trinajstić information content (AvgIpc) is 3.89. The minimum atomic E-state index is 0. The number of fused-ring (bicyclic) bond motifs is 5. The summed E-state index contributed by atoms with van der Waals surface area (Å²) >= 11 is 1.46. The van der Waals surface area contributed by atoms with Gasteiger partial charge in [0.1, 0.15) is 0 Å². The van der Waals surface area contributed by atoms with E-state index in [1.54, 1.807) is 0 Å². The number of benzene rings is 4. The maximum Gasteiger partial charge on any atom is -1.00 e. The zero-order valence-electron chi connectivity index (χ0n) is 39.4. The van der Waals surface area contributed by atoms with E-state index < -0.39 is 0 Å². The van der Waals surface area contributed by atoms with Gasteiger partial charge in [0.15, 0.2) is 0 Å². The molecule has 3 heteroatoms. The molecular formula is C57H68Cl2Zr-2. The Morgan fingerprint density at radius 3 is 1.30 bits per heavy atom. The normalized spacial score (nSPS) is 17.2. The van der Waals surface area contributed by atoms with Crippen molar-refractivity contribution in [1.82, 2.24) is 0 Å². The summed E-state index contributed by atoms with van der Waals surface area (Å²) in [5.74, 6) is 0.573. The molecule has 0 saturated heterocycles. The third-order valence-electron chi connectivity index (χ3n) is 12.4. The summed E-state index contributed by atoms with van der Waals surface area (Å²) in [6.45, 7) is 36.7. The van der Waals surface area contributed by atoms with E-state index in [0.717, 1.165) is 0 Å². The Bertz CT molecular complexity index is 2340. The Morgan fingerprint density at radius 2 is 1.00 bits per heavy atom. The second-order valence-electron chi connectivity index (χ2n) is 21.5. The van der Waals surface area contributed by atoms with Gasteiger partial charge in [-0.1, -0.05) is 150 Å². The summed E-state index contributed by atoms with van der Waals surface area (Å²) in [4.78, 5) is 0. The molecule has 0 saturated carbocycles. The topological polar surface area (TPSA) is 0 Å². The first-order valence-electron chi connectivity index (χ1n) is 21.5. The van der Waals surface area contributed by atoms with Crippen LogP contribution in [0.3, 0.4) is 0 Å². The predicted molar refractivity (Wildman–Crippen MR) is 253 cm³/mol. The number of aryl methyl sites for hydroxylation is 2. The zero-order valence-corrected chi connectivity index (χ0v) is 43.3. The van der Waals surface area contributed by atoms with E-state index in [-0.39, 0.29) is 46.5 Å². The van der Waals surface area contributed by atoms with Crippen LogP contribution in [-0.2, 0) is 35.1 Å². The van der Waals surface area contributed by atoms with Crippen molar-refractivity contribution in [2.75, 3.05) is 0 Å². The van der Waals surface area contributed by atoms with Crippen molar-refractivity contribution in [2.45, 2.75) is 128 Å². The van der Waals surface area contributed by atoms with E-state index in [2.05, 4.69) is 220 Å². The molecule has 0 nitrogen and oxygen atoms in total. The van der Waals surface area contributed by atoms with Gasteiger partial charge in [0.25, 0.3) is 0 Å². The quantitative estimate of drug-likeness (QED) is 0.158. The van der Waals surface area contributed by atoms with Crippen molar-refractivity contribution in [3.05, 3.63) is 159 Å². The molecule has 1 atom stereocenters. The third kappa shape index (κ3) is 10.4. The molecule has 0 fully saturated rings. The molecular weight excluding hydrogens is 847 g/mol. The molecule has 0 amide bonds. The van der Waals surface area contributed by atoms with Crippen LogP contribution in [0.25, 0.3) is 32.7 Å². The van der Waals surface area contributed by atoms with Gasteiger partial charge in [0.05, 0.1) is 0 Å². The molecule has 0 aromatic heterocycles. The summed E-state index contributed by atoms with van der Waals surface area (Å²) in [7, 11) is 0. The molecule has 60 heavy (non-hydrogen) atoms. The number of hydrogen-bond acceptors (Lipinski definition) is 0. The van der Waals surface area contributed by atoms with E-state index in [9.17, 15) is 0 Å². The standard InChI is InChI=1S/C31H37.C15H14.C11H17.2ClH.Zr/c1-28(2,3)26-16-30(7,8)24-12-18-11-19-13-25-23(15-21(19)20(18)14-22(24)26)27(29(4,5)6)17-31(25,9)10;1-12-3-7-14(8-4-12)11-15-9-5-13(2)6-10-15;1-5-9-6-7-10(8-9)11(2,3)4;;;/h11-17H,1-10H3;3-10H,1-2H3;7-9H,5H2,1-4H3;2*1H;/q-1;;-1;;;+2/p-2. The number of allylic oxidation sites excluding steroid dienone is 8. The smallest absolute Gasteiger partial charge is 1.00 e. The first kappa shape index (κ1) is 49.7. The molecule has 0 radical (unpaired) electrons. The van der Waals surface area contributed by atoms with Gasteiger partial charge >= 0.3 is 112 Å². The van der Waals surface area contributed by atoms with Gasteiger partial charge in [-0.15, -0.1) is 39.7 Å². The third-order valence-corrected chi connectivity index (χ3v) is 13.8. The Kier molecular flexibility index (Phi) is 14.9. The van der Waals surface area contributed by atoms with E-state index in [0.29, 0.717) is 11.3 Å². The van der Waals surface area contributed by atoms with Gasteiger partial charge in [-0.2, -0.15) is 11.6 Å². The minimum Gasteiger partial charge on any atom is -1.00 e. The summed E-state index contributed by atoms with van der Waals surface area (Å²) in [6.07, 6.45) is 14.0. The van der Waals surface area contributed by atoms with Crippen molar-refractivity contribution in [1.29, 1.82) is 0 Å². The average molecular weight is 915 g/mol. The molecule has 0 spiro atoms. The van der Waals surface area contributed by atoms with Crippen LogP contribution < -0.4 is 24.8 Å². The molecule has 8 rings (SSSR count). The molecule has 0 N–H and O–H groups in total. The summed E-state index contributed by atoms with van der Waals surface area (Å²) in [5.41, 5.74) is 16.3. The van der Waals surface area contributed by atoms with E-state index in [4.69, 9.17) is 0 Å². The first-order valence-corrected chi connectivity index (χ1v) is 22.8. The van der Waals surface area contributed by atoms with Crippen LogP contribution >= 0.6 is 0 Å². The number of rotatable bonds is 3.